The van der Waals surface area contributed by atoms with Crippen LogP contribution in [-0.2, 0) is 9.63 Å². The zero-order chi connectivity index (χ0) is 14.8. The Morgan fingerprint density at radius 1 is 1.43 bits per heavy atom. The number of amides is 1. The number of benzene rings is 1. The van der Waals surface area contributed by atoms with Crippen molar-refractivity contribution in [3.8, 4) is 0 Å². The van der Waals surface area contributed by atoms with E-state index in [9.17, 15) is 4.79 Å². The van der Waals surface area contributed by atoms with E-state index in [2.05, 4.69) is 9.89 Å². The van der Waals surface area contributed by atoms with Gasteiger partial charge in [0.15, 0.2) is 5.17 Å². The predicted octanol–water partition coefficient (Wildman–Crippen LogP) is 2.62. The maximum absolute atomic E-state index is 12.8. The molecular formula is C15H17N3O2S. The first-order chi connectivity index (χ1) is 10.2. The van der Waals surface area contributed by atoms with Crippen molar-refractivity contribution < 1.29 is 9.63 Å². The van der Waals surface area contributed by atoms with E-state index in [0.29, 0.717) is 11.5 Å². The number of thioether (sulfide) groups is 1. The quantitative estimate of drug-likeness (QED) is 0.802. The summed E-state index contributed by atoms with van der Waals surface area (Å²) in [5, 5.41) is 2.29. The Kier molecular flexibility index (Phi) is 3.98. The number of anilines is 1. The first kappa shape index (κ1) is 14.2. The number of amidine groups is 1. The van der Waals surface area contributed by atoms with Gasteiger partial charge in [-0.25, -0.2) is 0 Å². The molecule has 110 valence electrons. The minimum absolute atomic E-state index is 0.136. The highest BCUT2D eigenvalue weighted by Crippen LogP contribution is 2.37. The average Bonchev–Trinajstić information content (AvgIpc) is 3.08. The number of aliphatic imine (C=N–C) groups is 1. The van der Waals surface area contributed by atoms with Gasteiger partial charge in [0.25, 0.3) is 5.91 Å². The number of hydrogen-bond acceptors (Lipinski definition) is 5. The predicted molar refractivity (Wildman–Crippen MR) is 84.9 cm³/mol. The van der Waals surface area contributed by atoms with Crippen LogP contribution in [0.1, 0.15) is 13.8 Å². The molecule has 0 fully saturated rings. The van der Waals surface area contributed by atoms with Gasteiger partial charge in [0.05, 0.1) is 18.8 Å². The lowest BCUT2D eigenvalue weighted by Crippen LogP contribution is -2.32. The number of carbonyl (C=O) groups excluding carboxylic acids is 1. The standard InChI is InChI=1S/C15H17N3O2S/c1-3-20-18(12-7-5-4-6-8-12)14(19)13-11(2)17-10-9-16-15(17)21-13/h4-8H,3,9-10H2,1-2H3. The number of nitrogens with zero attached hydrogens (tertiary/aromatic N) is 3. The number of allylic oxidation sites excluding steroid dienone is 1. The van der Waals surface area contributed by atoms with E-state index in [0.717, 1.165) is 29.6 Å². The molecular weight excluding hydrogens is 286 g/mol. The maximum atomic E-state index is 12.8. The van der Waals surface area contributed by atoms with E-state index in [4.69, 9.17) is 4.84 Å². The highest BCUT2D eigenvalue weighted by Gasteiger charge is 2.35. The molecule has 2 aliphatic heterocycles. The zero-order valence-corrected chi connectivity index (χ0v) is 12.9. The molecule has 0 aromatic heterocycles. The number of hydroxylamine groups is 1. The van der Waals surface area contributed by atoms with Crippen LogP contribution < -0.4 is 5.06 Å². The smallest absolute Gasteiger partial charge is 0.290 e. The molecule has 2 heterocycles. The third-order valence-corrected chi connectivity index (χ3v) is 4.56. The summed E-state index contributed by atoms with van der Waals surface area (Å²) in [6.07, 6.45) is 0. The highest BCUT2D eigenvalue weighted by molar-refractivity contribution is 8.18. The van der Waals surface area contributed by atoms with Gasteiger partial charge < -0.3 is 4.90 Å². The summed E-state index contributed by atoms with van der Waals surface area (Å²) in [5.74, 6) is -0.136. The molecule has 0 aliphatic carbocycles. The van der Waals surface area contributed by atoms with Crippen LogP contribution in [0.25, 0.3) is 0 Å². The zero-order valence-electron chi connectivity index (χ0n) is 12.1. The fraction of sp³-hybridized carbons (Fsp3) is 0.333. The van der Waals surface area contributed by atoms with Gasteiger partial charge in [0.1, 0.15) is 4.91 Å². The van der Waals surface area contributed by atoms with Gasteiger partial charge in [-0.15, -0.1) is 0 Å². The Labute approximate surface area is 128 Å². The van der Waals surface area contributed by atoms with Crippen molar-refractivity contribution in [1.82, 2.24) is 4.90 Å². The molecule has 0 radical (unpaired) electrons. The van der Waals surface area contributed by atoms with Crippen LogP contribution in [0, 0.1) is 0 Å². The lowest BCUT2D eigenvalue weighted by Gasteiger charge is -2.21. The van der Waals surface area contributed by atoms with Crippen LogP contribution in [0.4, 0.5) is 5.69 Å². The van der Waals surface area contributed by atoms with Crippen molar-refractivity contribution in [1.29, 1.82) is 0 Å². The van der Waals surface area contributed by atoms with Gasteiger partial charge in [-0.3, -0.25) is 14.6 Å². The number of carbonyl (C=O) groups is 1. The van der Waals surface area contributed by atoms with Crippen LogP contribution in [0.3, 0.4) is 0 Å². The second-order valence-corrected chi connectivity index (χ2v) is 5.66. The van der Waals surface area contributed by atoms with Gasteiger partial charge >= 0.3 is 0 Å². The average molecular weight is 303 g/mol. The molecule has 0 bridgehead atoms. The van der Waals surface area contributed by atoms with Crippen molar-refractivity contribution in [2.24, 2.45) is 4.99 Å². The number of hydrogen-bond donors (Lipinski definition) is 0. The summed E-state index contributed by atoms with van der Waals surface area (Å²) in [6.45, 7) is 5.92. The second kappa shape index (κ2) is 5.91. The minimum Gasteiger partial charge on any atom is -0.322 e. The first-order valence-electron chi connectivity index (χ1n) is 6.95. The molecule has 2 aliphatic rings. The fourth-order valence-corrected chi connectivity index (χ4v) is 3.45. The van der Waals surface area contributed by atoms with E-state index < -0.39 is 0 Å². The Hall–Kier alpha value is -1.79. The van der Waals surface area contributed by atoms with Crippen LogP contribution in [0.15, 0.2) is 45.9 Å². The van der Waals surface area contributed by atoms with Crippen LogP contribution >= 0.6 is 11.8 Å². The first-order valence-corrected chi connectivity index (χ1v) is 7.77. The van der Waals surface area contributed by atoms with Crippen molar-refractivity contribution >= 4 is 28.5 Å². The summed E-state index contributed by atoms with van der Waals surface area (Å²) in [5.41, 5.74) is 1.70. The summed E-state index contributed by atoms with van der Waals surface area (Å²) in [7, 11) is 0. The Morgan fingerprint density at radius 2 is 2.19 bits per heavy atom. The third kappa shape index (κ3) is 2.56. The van der Waals surface area contributed by atoms with Crippen LogP contribution in [0.5, 0.6) is 0 Å². The molecule has 3 rings (SSSR count). The van der Waals surface area contributed by atoms with E-state index in [1.165, 1.54) is 16.8 Å². The van der Waals surface area contributed by atoms with Gasteiger partial charge in [-0.05, 0) is 37.7 Å². The highest BCUT2D eigenvalue weighted by atomic mass is 32.2. The summed E-state index contributed by atoms with van der Waals surface area (Å²) >= 11 is 1.43. The van der Waals surface area contributed by atoms with Gasteiger partial charge in [-0.1, -0.05) is 18.2 Å². The number of para-hydroxylation sites is 1. The summed E-state index contributed by atoms with van der Waals surface area (Å²) in [4.78, 5) is 25.6. The van der Waals surface area contributed by atoms with E-state index in [1.54, 1.807) is 0 Å². The lowest BCUT2D eigenvalue weighted by atomic mass is 10.3. The van der Waals surface area contributed by atoms with Gasteiger partial charge in [0, 0.05) is 12.2 Å². The normalized spacial score (nSPS) is 17.0. The van der Waals surface area contributed by atoms with Crippen molar-refractivity contribution in [3.05, 3.63) is 40.9 Å². The molecule has 21 heavy (non-hydrogen) atoms. The minimum atomic E-state index is -0.136. The molecule has 1 aromatic carbocycles. The van der Waals surface area contributed by atoms with Gasteiger partial charge in [-0.2, -0.15) is 5.06 Å². The Bertz CT molecular complexity index is 613. The summed E-state index contributed by atoms with van der Waals surface area (Å²) in [6, 6.07) is 9.42. The maximum Gasteiger partial charge on any atom is 0.290 e. The summed E-state index contributed by atoms with van der Waals surface area (Å²) < 4.78 is 0. The van der Waals surface area contributed by atoms with Crippen molar-refractivity contribution in [2.75, 3.05) is 24.8 Å². The molecule has 1 amide bonds. The second-order valence-electron chi connectivity index (χ2n) is 4.69. The molecule has 1 aromatic rings. The van der Waals surface area contributed by atoms with E-state index >= 15 is 0 Å². The Balaban J connectivity index is 1.89. The van der Waals surface area contributed by atoms with Crippen LogP contribution in [-0.4, -0.2) is 35.7 Å². The van der Waals surface area contributed by atoms with Crippen molar-refractivity contribution in [3.63, 3.8) is 0 Å². The number of rotatable bonds is 4. The molecule has 0 saturated heterocycles. The molecule has 0 spiro atoms. The fourth-order valence-electron chi connectivity index (χ4n) is 2.35. The monoisotopic (exact) mass is 303 g/mol. The number of fused-ring (bicyclic) bond motifs is 1. The van der Waals surface area contributed by atoms with E-state index in [1.807, 2.05) is 44.2 Å². The SMILES string of the molecule is CCON(C(=O)C1=C(C)N2CCN=C2S1)c1ccccc1. The van der Waals surface area contributed by atoms with Crippen LogP contribution in [0.2, 0.25) is 0 Å². The molecule has 0 atom stereocenters. The molecule has 6 heteroatoms. The molecule has 0 saturated carbocycles. The van der Waals surface area contributed by atoms with E-state index in [-0.39, 0.29) is 5.91 Å². The topological polar surface area (TPSA) is 45.1 Å². The lowest BCUT2D eigenvalue weighted by molar-refractivity contribution is -0.121. The van der Waals surface area contributed by atoms with Crippen molar-refractivity contribution in [2.45, 2.75) is 13.8 Å². The Morgan fingerprint density at radius 3 is 2.86 bits per heavy atom. The molecule has 0 unspecified atom stereocenters. The van der Waals surface area contributed by atoms with Gasteiger partial charge in [0.2, 0.25) is 0 Å². The third-order valence-electron chi connectivity index (χ3n) is 3.36. The molecule has 5 nitrogen and oxygen atoms in total. The molecule has 0 N–H and O–H groups in total. The largest absolute Gasteiger partial charge is 0.322 e.